The second-order valence-electron chi connectivity index (χ2n) is 4.95. The van der Waals surface area contributed by atoms with Crippen LogP contribution in [0, 0.1) is 6.92 Å². The highest BCUT2D eigenvalue weighted by Gasteiger charge is 2.22. The number of piperazine rings is 1. The van der Waals surface area contributed by atoms with E-state index in [4.69, 9.17) is 5.84 Å². The van der Waals surface area contributed by atoms with Crippen LogP contribution < -0.4 is 16.2 Å². The molecule has 0 radical (unpaired) electrons. The second-order valence-corrected chi connectivity index (χ2v) is 4.95. The summed E-state index contributed by atoms with van der Waals surface area (Å²) in [5.74, 6) is 4.36. The van der Waals surface area contributed by atoms with Crippen molar-refractivity contribution in [3.05, 3.63) is 29.8 Å². The summed E-state index contributed by atoms with van der Waals surface area (Å²) in [6.07, 6.45) is -0.180. The van der Waals surface area contributed by atoms with Crippen molar-refractivity contribution in [2.75, 3.05) is 31.1 Å². The Morgan fingerprint density at radius 2 is 1.75 bits per heavy atom. The number of hydrogen-bond acceptors (Lipinski definition) is 4. The molecule has 0 bridgehead atoms. The number of benzene rings is 1. The molecule has 1 aromatic carbocycles. The summed E-state index contributed by atoms with van der Waals surface area (Å²) in [7, 11) is 0. The molecule has 1 aromatic rings. The Hall–Kier alpha value is -2.08. The lowest BCUT2D eigenvalue weighted by molar-refractivity contribution is -0.136. The second kappa shape index (κ2) is 6.38. The van der Waals surface area contributed by atoms with Gasteiger partial charge in [0.25, 0.3) is 0 Å². The summed E-state index contributed by atoms with van der Waals surface area (Å²) in [6.45, 7) is 4.87. The fourth-order valence-electron chi connectivity index (χ4n) is 2.27. The summed E-state index contributed by atoms with van der Waals surface area (Å²) in [4.78, 5) is 26.9. The molecule has 1 saturated heterocycles. The maximum absolute atomic E-state index is 11.8. The lowest BCUT2D eigenvalue weighted by Crippen LogP contribution is -2.49. The number of aryl methyl sites for hydroxylation is 1. The third kappa shape index (κ3) is 3.48. The zero-order valence-corrected chi connectivity index (χ0v) is 11.6. The van der Waals surface area contributed by atoms with E-state index in [1.165, 1.54) is 11.3 Å². The SMILES string of the molecule is Cc1ccc(N2CCN(C(=O)CC(=O)NN)CC2)cc1. The Kier molecular flexibility index (Phi) is 4.57. The number of carbonyl (C=O) groups excluding carboxylic acids is 2. The summed E-state index contributed by atoms with van der Waals surface area (Å²) >= 11 is 0. The van der Waals surface area contributed by atoms with Gasteiger partial charge in [-0.05, 0) is 19.1 Å². The van der Waals surface area contributed by atoms with Gasteiger partial charge in [-0.2, -0.15) is 0 Å². The first kappa shape index (κ1) is 14.3. The van der Waals surface area contributed by atoms with Crippen LogP contribution >= 0.6 is 0 Å². The lowest BCUT2D eigenvalue weighted by Gasteiger charge is -2.36. The highest BCUT2D eigenvalue weighted by Crippen LogP contribution is 2.17. The molecule has 0 aromatic heterocycles. The molecule has 0 unspecified atom stereocenters. The molecular weight excluding hydrogens is 256 g/mol. The quantitative estimate of drug-likeness (QED) is 0.353. The maximum Gasteiger partial charge on any atom is 0.243 e. The molecule has 0 spiro atoms. The van der Waals surface area contributed by atoms with Gasteiger partial charge in [0.1, 0.15) is 6.42 Å². The van der Waals surface area contributed by atoms with Gasteiger partial charge in [-0.25, -0.2) is 5.84 Å². The molecule has 1 heterocycles. The molecule has 3 N–H and O–H groups in total. The van der Waals surface area contributed by atoms with Gasteiger partial charge in [0, 0.05) is 31.9 Å². The molecule has 2 amide bonds. The van der Waals surface area contributed by atoms with Crippen LogP contribution in [0.1, 0.15) is 12.0 Å². The standard InChI is InChI=1S/C14H20N4O2/c1-11-2-4-12(5-3-11)17-6-8-18(9-7-17)14(20)10-13(19)16-15/h2-5H,6-10,15H2,1H3,(H,16,19). The van der Waals surface area contributed by atoms with E-state index in [0.29, 0.717) is 13.1 Å². The van der Waals surface area contributed by atoms with Crippen LogP contribution in [-0.2, 0) is 9.59 Å². The smallest absolute Gasteiger partial charge is 0.243 e. The third-order valence-electron chi connectivity index (χ3n) is 3.50. The van der Waals surface area contributed by atoms with Gasteiger partial charge in [-0.3, -0.25) is 15.0 Å². The topological polar surface area (TPSA) is 78.7 Å². The summed E-state index contributed by atoms with van der Waals surface area (Å²) < 4.78 is 0. The molecule has 1 aliphatic rings. The number of amides is 2. The van der Waals surface area contributed by atoms with E-state index >= 15 is 0 Å². The van der Waals surface area contributed by atoms with Gasteiger partial charge in [0.2, 0.25) is 11.8 Å². The minimum Gasteiger partial charge on any atom is -0.368 e. The van der Waals surface area contributed by atoms with Crippen LogP contribution in [0.25, 0.3) is 0 Å². The van der Waals surface area contributed by atoms with Crippen LogP contribution in [0.2, 0.25) is 0 Å². The van der Waals surface area contributed by atoms with E-state index < -0.39 is 5.91 Å². The molecule has 6 heteroatoms. The minimum absolute atomic E-state index is 0.170. The van der Waals surface area contributed by atoms with Crippen molar-refractivity contribution >= 4 is 17.5 Å². The van der Waals surface area contributed by atoms with Crippen molar-refractivity contribution in [2.45, 2.75) is 13.3 Å². The Morgan fingerprint density at radius 3 is 2.30 bits per heavy atom. The van der Waals surface area contributed by atoms with Crippen LogP contribution in [0.4, 0.5) is 5.69 Å². The molecule has 0 saturated carbocycles. The van der Waals surface area contributed by atoms with Gasteiger partial charge >= 0.3 is 0 Å². The first-order valence-electron chi connectivity index (χ1n) is 6.69. The zero-order chi connectivity index (χ0) is 14.5. The molecule has 6 nitrogen and oxygen atoms in total. The van der Waals surface area contributed by atoms with Crippen molar-refractivity contribution in [3.63, 3.8) is 0 Å². The monoisotopic (exact) mass is 276 g/mol. The highest BCUT2D eigenvalue weighted by molar-refractivity contribution is 5.96. The zero-order valence-electron chi connectivity index (χ0n) is 11.6. The number of hydrogen-bond donors (Lipinski definition) is 2. The van der Waals surface area contributed by atoms with Crippen molar-refractivity contribution < 1.29 is 9.59 Å². The predicted molar refractivity (Wildman–Crippen MR) is 76.9 cm³/mol. The van der Waals surface area contributed by atoms with Gasteiger partial charge < -0.3 is 9.80 Å². The summed E-state index contributed by atoms with van der Waals surface area (Å²) in [5, 5.41) is 0. The average Bonchev–Trinajstić information content (AvgIpc) is 2.48. The summed E-state index contributed by atoms with van der Waals surface area (Å²) in [5.41, 5.74) is 4.38. The minimum atomic E-state index is -0.448. The van der Waals surface area contributed by atoms with Crippen LogP contribution in [-0.4, -0.2) is 42.9 Å². The normalized spacial score (nSPS) is 15.1. The van der Waals surface area contributed by atoms with Crippen molar-refractivity contribution in [1.82, 2.24) is 10.3 Å². The Balaban J connectivity index is 1.87. The number of carbonyl (C=O) groups is 2. The lowest BCUT2D eigenvalue weighted by atomic mass is 10.2. The highest BCUT2D eigenvalue weighted by atomic mass is 16.2. The fraction of sp³-hybridized carbons (Fsp3) is 0.429. The Labute approximate surface area is 118 Å². The maximum atomic E-state index is 11.8. The number of nitrogens with zero attached hydrogens (tertiary/aromatic N) is 2. The molecule has 0 atom stereocenters. The van der Waals surface area contributed by atoms with Gasteiger partial charge in [-0.1, -0.05) is 17.7 Å². The van der Waals surface area contributed by atoms with E-state index in [0.717, 1.165) is 13.1 Å². The molecule has 20 heavy (non-hydrogen) atoms. The van der Waals surface area contributed by atoms with Crippen molar-refractivity contribution in [1.29, 1.82) is 0 Å². The molecule has 2 rings (SSSR count). The van der Waals surface area contributed by atoms with E-state index in [1.54, 1.807) is 4.90 Å². The molecule has 1 aliphatic heterocycles. The van der Waals surface area contributed by atoms with E-state index in [-0.39, 0.29) is 12.3 Å². The van der Waals surface area contributed by atoms with E-state index in [2.05, 4.69) is 36.1 Å². The van der Waals surface area contributed by atoms with E-state index in [9.17, 15) is 9.59 Å². The Bertz CT molecular complexity index is 478. The number of nitrogens with one attached hydrogen (secondary N) is 1. The van der Waals surface area contributed by atoms with Gasteiger partial charge in [0.05, 0.1) is 0 Å². The fourth-order valence-corrected chi connectivity index (χ4v) is 2.27. The number of rotatable bonds is 3. The third-order valence-corrected chi connectivity index (χ3v) is 3.50. The van der Waals surface area contributed by atoms with Crippen LogP contribution in [0.3, 0.4) is 0 Å². The largest absolute Gasteiger partial charge is 0.368 e. The van der Waals surface area contributed by atoms with Crippen molar-refractivity contribution in [2.24, 2.45) is 5.84 Å². The number of anilines is 1. The molecule has 0 aliphatic carbocycles. The molecule has 108 valence electrons. The predicted octanol–water partition coefficient (Wildman–Crippen LogP) is 0.0236. The Morgan fingerprint density at radius 1 is 1.15 bits per heavy atom. The first-order valence-corrected chi connectivity index (χ1v) is 6.69. The summed E-state index contributed by atoms with van der Waals surface area (Å²) in [6, 6.07) is 8.35. The number of hydrazine groups is 1. The van der Waals surface area contributed by atoms with E-state index in [1.807, 2.05) is 5.43 Å². The van der Waals surface area contributed by atoms with Crippen LogP contribution in [0.5, 0.6) is 0 Å². The first-order chi connectivity index (χ1) is 9.60. The average molecular weight is 276 g/mol. The number of nitrogens with two attached hydrogens (primary N) is 1. The van der Waals surface area contributed by atoms with Gasteiger partial charge in [0.15, 0.2) is 0 Å². The van der Waals surface area contributed by atoms with Crippen molar-refractivity contribution in [3.8, 4) is 0 Å². The van der Waals surface area contributed by atoms with Crippen LogP contribution in [0.15, 0.2) is 24.3 Å². The molecule has 1 fully saturated rings. The van der Waals surface area contributed by atoms with Gasteiger partial charge in [-0.15, -0.1) is 0 Å². The molecular formula is C14H20N4O2.